The SMILES string of the molecule is COC(=O)C1(C(=O)OC)C(C(=O)OC(C)(C)C)C12C(=O)N(C(=O)OC(C)(C)C)c1ccc(Br)cc12. The number of nitrogens with zero attached hydrogens (tertiary/aromatic N) is 1. The van der Waals surface area contributed by atoms with Crippen LogP contribution in [0.2, 0.25) is 0 Å². The Bertz CT molecular complexity index is 1110. The lowest BCUT2D eigenvalue weighted by Gasteiger charge is -2.24. The van der Waals surface area contributed by atoms with E-state index in [0.29, 0.717) is 4.47 Å². The number of benzene rings is 1. The minimum atomic E-state index is -2.41. The molecule has 0 aromatic heterocycles. The van der Waals surface area contributed by atoms with E-state index in [1.807, 2.05) is 0 Å². The molecule has 2 atom stereocenters. The van der Waals surface area contributed by atoms with Gasteiger partial charge in [-0.05, 0) is 65.3 Å². The predicted octanol–water partition coefficient (Wildman–Crippen LogP) is 3.27. The maximum atomic E-state index is 14.1. The Labute approximate surface area is 211 Å². The van der Waals surface area contributed by atoms with E-state index in [4.69, 9.17) is 18.9 Å². The molecule has 2 unspecified atom stereocenters. The Hall–Kier alpha value is -2.95. The molecule has 0 radical (unpaired) electrons. The van der Waals surface area contributed by atoms with Crippen LogP contribution in [-0.4, -0.2) is 55.3 Å². The largest absolute Gasteiger partial charge is 0.468 e. The molecule has 1 heterocycles. The molecule has 1 aromatic carbocycles. The molecule has 0 N–H and O–H groups in total. The van der Waals surface area contributed by atoms with E-state index >= 15 is 0 Å². The van der Waals surface area contributed by atoms with Crippen molar-refractivity contribution >= 4 is 51.5 Å². The van der Waals surface area contributed by atoms with E-state index in [-0.39, 0.29) is 11.3 Å². The average molecular weight is 554 g/mol. The number of amides is 2. The Morgan fingerprint density at radius 3 is 1.89 bits per heavy atom. The highest BCUT2D eigenvalue weighted by Gasteiger charge is 2.96. The number of halogens is 1. The van der Waals surface area contributed by atoms with Crippen molar-refractivity contribution in [2.45, 2.75) is 58.2 Å². The fraction of sp³-hybridized carbons (Fsp3) is 0.542. The molecule has 190 valence electrons. The van der Waals surface area contributed by atoms with Gasteiger partial charge in [0.05, 0.1) is 19.9 Å². The molecule has 1 saturated carbocycles. The minimum Gasteiger partial charge on any atom is -0.468 e. The number of rotatable bonds is 3. The number of carbonyl (C=O) groups excluding carboxylic acids is 5. The number of hydrogen-bond acceptors (Lipinski definition) is 9. The standard InChI is InChI=1S/C24H28BrNO9/c1-21(2,3)34-16(27)15-23(24(15,18(29)32-7)19(30)33-8)13-11-12(25)9-10-14(13)26(17(23)28)20(31)35-22(4,5)6/h9-11,15H,1-8H3. The summed E-state index contributed by atoms with van der Waals surface area (Å²) in [4.78, 5) is 68.0. The molecule has 1 aliphatic carbocycles. The molecular weight excluding hydrogens is 526 g/mol. The van der Waals surface area contributed by atoms with Gasteiger partial charge in [0, 0.05) is 4.47 Å². The summed E-state index contributed by atoms with van der Waals surface area (Å²) in [5, 5.41) is 0. The van der Waals surface area contributed by atoms with Crippen LogP contribution in [-0.2, 0) is 43.5 Å². The second kappa shape index (κ2) is 8.32. The maximum absolute atomic E-state index is 14.1. The molecular formula is C24H28BrNO9. The van der Waals surface area contributed by atoms with Gasteiger partial charge in [-0.2, -0.15) is 0 Å². The van der Waals surface area contributed by atoms with E-state index in [1.165, 1.54) is 12.1 Å². The van der Waals surface area contributed by atoms with Gasteiger partial charge in [0.15, 0.2) is 5.41 Å². The van der Waals surface area contributed by atoms with E-state index in [2.05, 4.69) is 15.9 Å². The van der Waals surface area contributed by atoms with Gasteiger partial charge in [-0.25, -0.2) is 9.69 Å². The molecule has 10 nitrogen and oxygen atoms in total. The number of fused-ring (bicyclic) bond motifs is 2. The number of esters is 3. The number of imide groups is 1. The van der Waals surface area contributed by atoms with Gasteiger partial charge < -0.3 is 18.9 Å². The zero-order valence-electron chi connectivity index (χ0n) is 20.8. The second-order valence-electron chi connectivity index (χ2n) is 10.3. The van der Waals surface area contributed by atoms with Crippen molar-refractivity contribution in [1.82, 2.24) is 0 Å². The van der Waals surface area contributed by atoms with E-state index in [9.17, 15) is 24.0 Å². The van der Waals surface area contributed by atoms with Crippen LogP contribution in [0.4, 0.5) is 10.5 Å². The number of anilines is 1. The monoisotopic (exact) mass is 553 g/mol. The molecule has 1 spiro atoms. The highest BCUT2D eigenvalue weighted by molar-refractivity contribution is 9.10. The van der Waals surface area contributed by atoms with Gasteiger partial charge in [0.1, 0.15) is 22.5 Å². The average Bonchev–Trinajstić information content (AvgIpc) is 3.30. The van der Waals surface area contributed by atoms with E-state index in [1.54, 1.807) is 47.6 Å². The van der Waals surface area contributed by atoms with Crippen LogP contribution in [0.3, 0.4) is 0 Å². The first-order chi connectivity index (χ1) is 16.0. The van der Waals surface area contributed by atoms with Gasteiger partial charge >= 0.3 is 24.0 Å². The van der Waals surface area contributed by atoms with Crippen LogP contribution in [0.5, 0.6) is 0 Å². The Kier molecular flexibility index (Phi) is 6.34. The summed E-state index contributed by atoms with van der Waals surface area (Å²) in [5.74, 6) is -5.96. The third kappa shape index (κ3) is 3.80. The van der Waals surface area contributed by atoms with Gasteiger partial charge in [-0.1, -0.05) is 15.9 Å². The van der Waals surface area contributed by atoms with Crippen molar-refractivity contribution in [3.8, 4) is 0 Å². The van der Waals surface area contributed by atoms with Crippen LogP contribution in [0, 0.1) is 11.3 Å². The minimum absolute atomic E-state index is 0.0655. The van der Waals surface area contributed by atoms with Gasteiger partial charge in [0.2, 0.25) is 5.91 Å². The fourth-order valence-corrected chi connectivity index (χ4v) is 5.08. The molecule has 3 rings (SSSR count). The van der Waals surface area contributed by atoms with Crippen molar-refractivity contribution in [3.05, 3.63) is 28.2 Å². The summed E-state index contributed by atoms with van der Waals surface area (Å²) in [7, 11) is 2.05. The van der Waals surface area contributed by atoms with Crippen molar-refractivity contribution in [2.24, 2.45) is 11.3 Å². The third-order valence-electron chi connectivity index (χ3n) is 5.80. The third-order valence-corrected chi connectivity index (χ3v) is 6.30. The first-order valence-electron chi connectivity index (χ1n) is 10.8. The summed E-state index contributed by atoms with van der Waals surface area (Å²) in [6.45, 7) is 9.68. The zero-order valence-corrected chi connectivity index (χ0v) is 22.4. The van der Waals surface area contributed by atoms with Gasteiger partial charge in [-0.15, -0.1) is 0 Å². The number of carbonyl (C=O) groups is 5. The molecule has 1 fully saturated rings. The molecule has 0 saturated heterocycles. The summed E-state index contributed by atoms with van der Waals surface area (Å²) >= 11 is 3.33. The highest BCUT2D eigenvalue weighted by atomic mass is 79.9. The first-order valence-corrected chi connectivity index (χ1v) is 11.6. The number of ether oxygens (including phenoxy) is 4. The molecule has 0 bridgehead atoms. The van der Waals surface area contributed by atoms with Crippen molar-refractivity contribution in [1.29, 1.82) is 0 Å². The van der Waals surface area contributed by atoms with Crippen LogP contribution >= 0.6 is 15.9 Å². The first kappa shape index (κ1) is 26.7. The predicted molar refractivity (Wildman–Crippen MR) is 125 cm³/mol. The van der Waals surface area contributed by atoms with Crippen molar-refractivity contribution in [3.63, 3.8) is 0 Å². The van der Waals surface area contributed by atoms with Gasteiger partial charge in [-0.3, -0.25) is 19.2 Å². The molecule has 11 heteroatoms. The lowest BCUT2D eigenvalue weighted by Crippen LogP contribution is -2.45. The Morgan fingerprint density at radius 1 is 0.914 bits per heavy atom. The lowest BCUT2D eigenvalue weighted by atomic mass is 9.86. The maximum Gasteiger partial charge on any atom is 0.421 e. The Morgan fingerprint density at radius 2 is 1.43 bits per heavy atom. The fourth-order valence-electron chi connectivity index (χ4n) is 4.72. The van der Waals surface area contributed by atoms with Crippen LogP contribution in [0.25, 0.3) is 0 Å². The van der Waals surface area contributed by atoms with Crippen LogP contribution in [0.1, 0.15) is 47.1 Å². The topological polar surface area (TPSA) is 126 Å². The quantitative estimate of drug-likeness (QED) is 0.314. The molecule has 35 heavy (non-hydrogen) atoms. The molecule has 2 aliphatic rings. The number of hydrogen-bond donors (Lipinski definition) is 0. The van der Waals surface area contributed by atoms with Crippen LogP contribution in [0.15, 0.2) is 22.7 Å². The lowest BCUT2D eigenvalue weighted by molar-refractivity contribution is -0.169. The summed E-state index contributed by atoms with van der Waals surface area (Å²) in [6.07, 6.45) is -1.03. The van der Waals surface area contributed by atoms with Crippen molar-refractivity contribution in [2.75, 3.05) is 19.1 Å². The van der Waals surface area contributed by atoms with E-state index in [0.717, 1.165) is 19.1 Å². The Balaban J connectivity index is 2.35. The summed E-state index contributed by atoms with van der Waals surface area (Å²) in [5.41, 5.74) is -6.37. The smallest absolute Gasteiger partial charge is 0.421 e. The molecule has 1 aromatic rings. The molecule has 1 aliphatic heterocycles. The zero-order chi connectivity index (χ0) is 26.7. The molecule has 2 amide bonds. The normalized spacial score (nSPS) is 22.4. The second-order valence-corrected chi connectivity index (χ2v) is 11.3. The van der Waals surface area contributed by atoms with E-state index < -0.39 is 57.9 Å². The number of methoxy groups -OCH3 is 2. The van der Waals surface area contributed by atoms with Crippen molar-refractivity contribution < 1.29 is 42.9 Å². The van der Waals surface area contributed by atoms with Gasteiger partial charge in [0.25, 0.3) is 0 Å². The van der Waals surface area contributed by atoms with Crippen LogP contribution < -0.4 is 4.90 Å². The summed E-state index contributed by atoms with van der Waals surface area (Å²) in [6, 6.07) is 4.51. The highest BCUT2D eigenvalue weighted by Crippen LogP contribution is 2.75. The summed E-state index contributed by atoms with van der Waals surface area (Å²) < 4.78 is 21.3.